The minimum atomic E-state index is -0.649. The van der Waals surface area contributed by atoms with E-state index in [1.807, 2.05) is 13.8 Å². The molecule has 0 spiro atoms. The summed E-state index contributed by atoms with van der Waals surface area (Å²) in [4.78, 5) is 42.5. The number of allylic oxidation sites excluding steroid dienone is 1. The fourth-order valence-electron chi connectivity index (χ4n) is 7.16. The Morgan fingerprint density at radius 1 is 1.39 bits per heavy atom. The summed E-state index contributed by atoms with van der Waals surface area (Å²) in [5.74, 6) is -0.829. The standard InChI is InChI=1S/C26H29N3O6S/c1-13-11-27-25(36-13)28-21(32)8-6-17-19(12-30)24(33)26(2)10-9-15-14-5-7-20(31)23(29(34)35)18(14)4-3-16(15)22(17)26/h5,7,11-12,15-17,22,30-31H,3-4,6,8-10H2,1-2H3,(H,27,28,32)/b19-12+/t15?,16?,17-,22?,26+/m1/s1. The Balaban J connectivity index is 1.44. The first kappa shape index (κ1) is 24.4. The number of rotatable bonds is 5. The van der Waals surface area contributed by atoms with Gasteiger partial charge in [-0.25, -0.2) is 4.98 Å². The van der Waals surface area contributed by atoms with Crippen LogP contribution in [0.4, 0.5) is 10.8 Å². The van der Waals surface area contributed by atoms with Crippen LogP contribution in [0.15, 0.2) is 30.2 Å². The van der Waals surface area contributed by atoms with Crippen molar-refractivity contribution in [2.75, 3.05) is 5.32 Å². The average Bonchev–Trinajstić information content (AvgIpc) is 3.34. The van der Waals surface area contributed by atoms with Crippen LogP contribution in [-0.2, 0) is 16.0 Å². The number of fused-ring (bicyclic) bond motifs is 5. The quantitative estimate of drug-likeness (QED) is 0.217. The Morgan fingerprint density at radius 3 is 2.83 bits per heavy atom. The lowest BCUT2D eigenvalue weighted by Crippen LogP contribution is -2.44. The van der Waals surface area contributed by atoms with Gasteiger partial charge in [0.2, 0.25) is 5.91 Å². The van der Waals surface area contributed by atoms with E-state index < -0.39 is 10.3 Å². The van der Waals surface area contributed by atoms with Crippen molar-refractivity contribution in [3.8, 4) is 5.75 Å². The van der Waals surface area contributed by atoms with Gasteiger partial charge in [0.1, 0.15) is 0 Å². The van der Waals surface area contributed by atoms with Gasteiger partial charge in [-0.1, -0.05) is 13.0 Å². The minimum Gasteiger partial charge on any atom is -0.515 e. The van der Waals surface area contributed by atoms with Gasteiger partial charge < -0.3 is 15.5 Å². The van der Waals surface area contributed by atoms with Gasteiger partial charge in [0.15, 0.2) is 16.7 Å². The number of anilines is 1. The first-order valence-electron chi connectivity index (χ1n) is 12.3. The number of aromatic hydroxyl groups is 1. The maximum absolute atomic E-state index is 13.5. The molecule has 5 atom stereocenters. The van der Waals surface area contributed by atoms with Crippen LogP contribution in [0.1, 0.15) is 60.9 Å². The zero-order chi connectivity index (χ0) is 25.8. The minimum absolute atomic E-state index is 0.0200. The molecular formula is C26H29N3O6S. The largest absolute Gasteiger partial charge is 0.515 e. The lowest BCUT2D eigenvalue weighted by molar-refractivity contribution is -0.386. The number of aryl methyl sites for hydroxylation is 1. The van der Waals surface area contributed by atoms with Crippen molar-refractivity contribution >= 4 is 33.8 Å². The van der Waals surface area contributed by atoms with E-state index in [1.54, 1.807) is 12.3 Å². The number of amides is 1. The van der Waals surface area contributed by atoms with E-state index in [1.165, 1.54) is 17.4 Å². The fraction of sp³-hybridized carbons (Fsp3) is 0.500. The Kier molecular flexibility index (Phi) is 6.10. The first-order valence-corrected chi connectivity index (χ1v) is 13.1. The summed E-state index contributed by atoms with van der Waals surface area (Å²) in [6.07, 6.45) is 5.62. The van der Waals surface area contributed by atoms with E-state index in [-0.39, 0.29) is 53.2 Å². The number of benzene rings is 1. The molecule has 3 unspecified atom stereocenters. The molecule has 1 heterocycles. The predicted molar refractivity (Wildman–Crippen MR) is 134 cm³/mol. The third-order valence-electron chi connectivity index (χ3n) is 8.60. The molecule has 3 N–H and O–H groups in total. The second kappa shape index (κ2) is 8.99. The maximum atomic E-state index is 13.5. The number of nitro groups is 1. The second-order valence-electron chi connectivity index (χ2n) is 10.4. The molecule has 36 heavy (non-hydrogen) atoms. The number of nitrogens with zero attached hydrogens (tertiary/aromatic N) is 2. The zero-order valence-electron chi connectivity index (χ0n) is 20.2. The molecule has 0 bridgehead atoms. The predicted octanol–water partition coefficient (Wildman–Crippen LogP) is 5.19. The Hall–Kier alpha value is -3.27. The van der Waals surface area contributed by atoms with E-state index >= 15 is 0 Å². The summed E-state index contributed by atoms with van der Waals surface area (Å²) < 4.78 is 0. The van der Waals surface area contributed by atoms with Crippen LogP contribution < -0.4 is 5.32 Å². The number of nitrogens with one attached hydrogen (secondary N) is 1. The second-order valence-corrected chi connectivity index (χ2v) is 11.7. The monoisotopic (exact) mass is 511 g/mol. The van der Waals surface area contributed by atoms with Gasteiger partial charge in [-0.15, -0.1) is 11.3 Å². The Morgan fingerprint density at radius 2 is 2.17 bits per heavy atom. The smallest absolute Gasteiger partial charge is 0.314 e. The molecule has 1 amide bonds. The van der Waals surface area contributed by atoms with E-state index in [0.29, 0.717) is 48.4 Å². The third kappa shape index (κ3) is 3.78. The van der Waals surface area contributed by atoms with Crippen LogP contribution in [0.25, 0.3) is 0 Å². The number of Topliss-reactive ketones (excluding diaryl/α,β-unsaturated/α-hetero) is 1. The molecule has 190 valence electrons. The van der Waals surface area contributed by atoms with Gasteiger partial charge >= 0.3 is 5.69 Å². The normalized spacial score (nSPS) is 29.9. The summed E-state index contributed by atoms with van der Waals surface area (Å²) in [6, 6.07) is 3.18. The number of aliphatic hydroxyl groups is 1. The van der Waals surface area contributed by atoms with E-state index in [0.717, 1.165) is 16.7 Å². The highest BCUT2D eigenvalue weighted by Crippen LogP contribution is 2.64. The molecule has 5 rings (SSSR count). The first-order chi connectivity index (χ1) is 17.2. The van der Waals surface area contributed by atoms with Gasteiger partial charge in [-0.3, -0.25) is 19.7 Å². The number of aromatic nitrogens is 1. The van der Waals surface area contributed by atoms with Gasteiger partial charge in [0.05, 0.1) is 11.2 Å². The fourth-order valence-corrected chi connectivity index (χ4v) is 7.84. The number of phenolic OH excluding ortho intramolecular Hbond substituents is 1. The average molecular weight is 512 g/mol. The number of aliphatic hydroxyl groups excluding tert-OH is 1. The molecule has 3 aliphatic carbocycles. The summed E-state index contributed by atoms with van der Waals surface area (Å²) >= 11 is 1.40. The van der Waals surface area contributed by atoms with E-state index in [9.17, 15) is 29.9 Å². The van der Waals surface area contributed by atoms with Crippen molar-refractivity contribution in [2.24, 2.45) is 23.2 Å². The Bertz CT molecular complexity index is 1290. The molecule has 2 saturated carbocycles. The topological polar surface area (TPSA) is 143 Å². The highest BCUT2D eigenvalue weighted by Gasteiger charge is 2.61. The SMILES string of the molecule is Cc1cnc(NC(=O)CC[C@@H]2/C(=C\O)C(=O)[C@@]3(C)CCC4c5ccc(O)c([N+](=O)[O-])c5CCC4C23)s1. The van der Waals surface area contributed by atoms with Crippen LogP contribution in [0.2, 0.25) is 0 Å². The van der Waals surface area contributed by atoms with Crippen molar-refractivity contribution in [3.63, 3.8) is 0 Å². The van der Waals surface area contributed by atoms with Crippen molar-refractivity contribution in [1.29, 1.82) is 0 Å². The highest BCUT2D eigenvalue weighted by atomic mass is 32.1. The molecule has 1 aromatic heterocycles. The van der Waals surface area contributed by atoms with Crippen molar-refractivity contribution in [1.82, 2.24) is 4.98 Å². The summed E-state index contributed by atoms with van der Waals surface area (Å²) in [7, 11) is 0. The molecule has 1 aromatic carbocycles. The number of hydrogen-bond acceptors (Lipinski definition) is 8. The van der Waals surface area contributed by atoms with Crippen LogP contribution in [0, 0.1) is 40.2 Å². The summed E-state index contributed by atoms with van der Waals surface area (Å²) in [6.45, 7) is 3.88. The molecular weight excluding hydrogens is 482 g/mol. The molecule has 2 fully saturated rings. The van der Waals surface area contributed by atoms with Gasteiger partial charge in [-0.05, 0) is 74.3 Å². The lowest BCUT2D eigenvalue weighted by atomic mass is 9.54. The molecule has 9 nitrogen and oxygen atoms in total. The van der Waals surface area contributed by atoms with Gasteiger partial charge in [0.25, 0.3) is 0 Å². The number of hydrogen-bond donors (Lipinski definition) is 3. The molecule has 3 aliphatic rings. The van der Waals surface area contributed by atoms with Crippen molar-refractivity contribution in [2.45, 2.75) is 58.3 Å². The number of nitro benzene ring substituents is 1. The van der Waals surface area contributed by atoms with E-state index in [2.05, 4.69) is 10.3 Å². The molecule has 0 radical (unpaired) electrons. The van der Waals surface area contributed by atoms with Gasteiger partial charge in [0, 0.05) is 34.0 Å². The summed E-state index contributed by atoms with van der Waals surface area (Å²) in [5.41, 5.74) is 0.972. The Labute approximate surface area is 212 Å². The number of phenols is 1. The number of thiazole rings is 1. The van der Waals surface area contributed by atoms with Gasteiger partial charge in [-0.2, -0.15) is 0 Å². The van der Waals surface area contributed by atoms with Crippen LogP contribution >= 0.6 is 11.3 Å². The molecule has 0 aliphatic heterocycles. The van der Waals surface area contributed by atoms with Crippen LogP contribution in [0.3, 0.4) is 0 Å². The summed E-state index contributed by atoms with van der Waals surface area (Å²) in [5, 5.41) is 35.2. The molecule has 2 aromatic rings. The third-order valence-corrected chi connectivity index (χ3v) is 9.43. The number of carbonyl (C=O) groups is 2. The highest BCUT2D eigenvalue weighted by molar-refractivity contribution is 7.15. The number of ketones is 1. The zero-order valence-corrected chi connectivity index (χ0v) is 21.0. The molecule has 0 saturated heterocycles. The van der Waals surface area contributed by atoms with Crippen molar-refractivity contribution in [3.05, 3.63) is 56.3 Å². The number of carbonyl (C=O) groups excluding carboxylic acids is 2. The lowest BCUT2D eigenvalue weighted by Gasteiger charge is -2.49. The van der Waals surface area contributed by atoms with Crippen LogP contribution in [0.5, 0.6) is 5.75 Å². The maximum Gasteiger partial charge on any atom is 0.314 e. The van der Waals surface area contributed by atoms with Crippen molar-refractivity contribution < 1.29 is 24.7 Å². The molecule has 10 heteroatoms. The van der Waals surface area contributed by atoms with Crippen LogP contribution in [-0.4, -0.2) is 31.8 Å². The van der Waals surface area contributed by atoms with E-state index in [4.69, 9.17) is 0 Å².